The molecule has 0 aliphatic heterocycles. The lowest BCUT2D eigenvalue weighted by Crippen LogP contribution is -2.34. The summed E-state index contributed by atoms with van der Waals surface area (Å²) >= 11 is 0. The van der Waals surface area contributed by atoms with E-state index in [1.165, 1.54) is 0 Å². The number of carbonyl (C=O) groups excluding carboxylic acids is 1. The zero-order valence-corrected chi connectivity index (χ0v) is 11.9. The van der Waals surface area contributed by atoms with Gasteiger partial charge in [-0.1, -0.05) is 20.3 Å². The van der Waals surface area contributed by atoms with Gasteiger partial charge in [-0.15, -0.1) is 0 Å². The Balaban J connectivity index is 2.89. The van der Waals surface area contributed by atoms with Gasteiger partial charge in [0.05, 0.1) is 0 Å². The van der Waals surface area contributed by atoms with Crippen LogP contribution in [0.1, 0.15) is 43.1 Å². The Kier molecular flexibility index (Phi) is 5.20. The van der Waals surface area contributed by atoms with E-state index in [9.17, 15) is 4.79 Å². The third-order valence-electron chi connectivity index (χ3n) is 3.24. The van der Waals surface area contributed by atoms with E-state index < -0.39 is 0 Å². The van der Waals surface area contributed by atoms with Gasteiger partial charge in [-0.05, 0) is 43.5 Å². The topological polar surface area (TPSA) is 46.3 Å². The van der Waals surface area contributed by atoms with Gasteiger partial charge in [-0.25, -0.2) is 0 Å². The Morgan fingerprint density at radius 3 is 2.50 bits per heavy atom. The summed E-state index contributed by atoms with van der Waals surface area (Å²) < 4.78 is 0. The Bertz CT molecular complexity index is 395. The Morgan fingerprint density at radius 2 is 2.00 bits per heavy atom. The van der Waals surface area contributed by atoms with Crippen LogP contribution in [0.25, 0.3) is 0 Å². The molecule has 0 radical (unpaired) electrons. The number of benzene rings is 1. The number of hydrogen-bond acceptors (Lipinski definition) is 2. The molecule has 1 amide bonds. The van der Waals surface area contributed by atoms with Crippen LogP contribution in [0.2, 0.25) is 0 Å². The molecule has 1 aromatic rings. The van der Waals surface area contributed by atoms with Crippen LogP contribution in [-0.2, 0) is 0 Å². The molecule has 0 saturated carbocycles. The highest BCUT2D eigenvalue weighted by Gasteiger charge is 2.16. The quantitative estimate of drug-likeness (QED) is 0.814. The summed E-state index contributed by atoms with van der Waals surface area (Å²) in [6, 6.07) is 5.54. The molecule has 1 aromatic carbocycles. The first kappa shape index (κ1) is 14.6. The molecular weight excluding hydrogens is 224 g/mol. The van der Waals surface area contributed by atoms with Gasteiger partial charge in [0.15, 0.2) is 0 Å². The molecule has 1 rings (SSSR count). The molecule has 0 aromatic heterocycles. The normalized spacial score (nSPS) is 12.2. The molecule has 0 fully saturated rings. The molecule has 0 spiro atoms. The Labute approximate surface area is 110 Å². The minimum atomic E-state index is 0.0770. The predicted octanol–water partition coefficient (Wildman–Crippen LogP) is 3.09. The summed E-state index contributed by atoms with van der Waals surface area (Å²) in [6.07, 6.45) is 1.08. The van der Waals surface area contributed by atoms with E-state index in [1.54, 1.807) is 6.07 Å². The zero-order chi connectivity index (χ0) is 13.7. The molecule has 3 heteroatoms. The number of rotatable bonds is 5. The Hall–Kier alpha value is -1.51. The van der Waals surface area contributed by atoms with Gasteiger partial charge in [0.25, 0.3) is 5.91 Å². The van der Waals surface area contributed by atoms with Gasteiger partial charge in [0, 0.05) is 24.3 Å². The van der Waals surface area contributed by atoms with E-state index in [4.69, 9.17) is 5.73 Å². The van der Waals surface area contributed by atoms with Crippen LogP contribution >= 0.6 is 0 Å². The number of carbonyl (C=O) groups is 1. The second kappa shape index (κ2) is 6.43. The number of anilines is 1. The largest absolute Gasteiger partial charge is 0.399 e. The first-order valence-electron chi connectivity index (χ1n) is 6.64. The SMILES string of the molecule is CCC(C)CN(CC)C(=O)c1cc(C)cc(N)c1. The van der Waals surface area contributed by atoms with Crippen molar-refractivity contribution in [1.82, 2.24) is 4.90 Å². The monoisotopic (exact) mass is 248 g/mol. The fourth-order valence-electron chi connectivity index (χ4n) is 1.98. The number of amides is 1. The van der Waals surface area contributed by atoms with Crippen molar-refractivity contribution in [3.63, 3.8) is 0 Å². The number of nitrogens with two attached hydrogens (primary N) is 1. The van der Waals surface area contributed by atoms with Crippen molar-refractivity contribution in [2.45, 2.75) is 34.1 Å². The molecule has 0 aliphatic rings. The minimum absolute atomic E-state index is 0.0770. The van der Waals surface area contributed by atoms with Gasteiger partial charge in [0.1, 0.15) is 0 Å². The first-order valence-corrected chi connectivity index (χ1v) is 6.64. The second-order valence-corrected chi connectivity index (χ2v) is 4.99. The van der Waals surface area contributed by atoms with Gasteiger partial charge in [0.2, 0.25) is 0 Å². The summed E-state index contributed by atoms with van der Waals surface area (Å²) in [6.45, 7) is 9.82. The highest BCUT2D eigenvalue weighted by molar-refractivity contribution is 5.95. The molecule has 0 bridgehead atoms. The number of nitrogens with zero attached hydrogens (tertiary/aromatic N) is 1. The van der Waals surface area contributed by atoms with Gasteiger partial charge in [-0.3, -0.25) is 4.79 Å². The lowest BCUT2D eigenvalue weighted by atomic mass is 10.1. The van der Waals surface area contributed by atoms with Crippen molar-refractivity contribution in [3.8, 4) is 0 Å². The minimum Gasteiger partial charge on any atom is -0.399 e. The van der Waals surface area contributed by atoms with E-state index in [-0.39, 0.29) is 5.91 Å². The van der Waals surface area contributed by atoms with Crippen LogP contribution in [0.5, 0.6) is 0 Å². The summed E-state index contributed by atoms with van der Waals surface area (Å²) in [5.41, 5.74) is 8.16. The van der Waals surface area contributed by atoms with Crippen LogP contribution < -0.4 is 5.73 Å². The summed E-state index contributed by atoms with van der Waals surface area (Å²) in [5, 5.41) is 0. The smallest absolute Gasteiger partial charge is 0.253 e. The summed E-state index contributed by atoms with van der Waals surface area (Å²) in [4.78, 5) is 14.3. The van der Waals surface area contributed by atoms with Gasteiger partial charge in [-0.2, -0.15) is 0 Å². The van der Waals surface area contributed by atoms with Crippen molar-refractivity contribution in [2.24, 2.45) is 5.92 Å². The fourth-order valence-corrected chi connectivity index (χ4v) is 1.98. The highest BCUT2D eigenvalue weighted by Crippen LogP contribution is 2.15. The van der Waals surface area contributed by atoms with Crippen molar-refractivity contribution in [2.75, 3.05) is 18.8 Å². The third-order valence-corrected chi connectivity index (χ3v) is 3.24. The molecule has 2 N–H and O–H groups in total. The molecule has 18 heavy (non-hydrogen) atoms. The molecular formula is C15H24N2O. The van der Waals surface area contributed by atoms with E-state index in [0.717, 1.165) is 25.1 Å². The molecule has 0 heterocycles. The van der Waals surface area contributed by atoms with E-state index in [0.29, 0.717) is 17.2 Å². The Morgan fingerprint density at radius 1 is 1.33 bits per heavy atom. The number of aryl methyl sites for hydroxylation is 1. The van der Waals surface area contributed by atoms with Gasteiger partial charge < -0.3 is 10.6 Å². The molecule has 0 saturated heterocycles. The summed E-state index contributed by atoms with van der Waals surface area (Å²) in [7, 11) is 0. The van der Waals surface area contributed by atoms with Crippen molar-refractivity contribution in [1.29, 1.82) is 0 Å². The van der Waals surface area contributed by atoms with E-state index >= 15 is 0 Å². The second-order valence-electron chi connectivity index (χ2n) is 4.99. The number of hydrogen-bond donors (Lipinski definition) is 1. The maximum atomic E-state index is 12.4. The first-order chi connectivity index (χ1) is 8.47. The van der Waals surface area contributed by atoms with Crippen LogP contribution in [-0.4, -0.2) is 23.9 Å². The molecule has 1 atom stereocenters. The molecule has 1 unspecified atom stereocenters. The number of nitrogen functional groups attached to an aromatic ring is 1. The lowest BCUT2D eigenvalue weighted by molar-refractivity contribution is 0.0741. The zero-order valence-electron chi connectivity index (χ0n) is 11.9. The molecule has 100 valence electrons. The van der Waals surface area contributed by atoms with Crippen molar-refractivity contribution < 1.29 is 4.79 Å². The van der Waals surface area contributed by atoms with Gasteiger partial charge >= 0.3 is 0 Å². The summed E-state index contributed by atoms with van der Waals surface area (Å²) in [5.74, 6) is 0.601. The standard InChI is InChI=1S/C15H24N2O/c1-5-11(3)10-17(6-2)15(18)13-7-12(4)8-14(16)9-13/h7-9,11H,5-6,10,16H2,1-4H3. The van der Waals surface area contributed by atoms with Crippen LogP contribution in [0, 0.1) is 12.8 Å². The average molecular weight is 248 g/mol. The van der Waals surface area contributed by atoms with Crippen LogP contribution in [0.15, 0.2) is 18.2 Å². The van der Waals surface area contributed by atoms with Crippen LogP contribution in [0.4, 0.5) is 5.69 Å². The predicted molar refractivity (Wildman–Crippen MR) is 76.6 cm³/mol. The molecule has 0 aliphatic carbocycles. The van der Waals surface area contributed by atoms with Crippen LogP contribution in [0.3, 0.4) is 0 Å². The van der Waals surface area contributed by atoms with E-state index in [1.807, 2.05) is 30.9 Å². The van der Waals surface area contributed by atoms with E-state index in [2.05, 4.69) is 13.8 Å². The fraction of sp³-hybridized carbons (Fsp3) is 0.533. The highest BCUT2D eigenvalue weighted by atomic mass is 16.2. The third kappa shape index (κ3) is 3.76. The molecule has 3 nitrogen and oxygen atoms in total. The maximum Gasteiger partial charge on any atom is 0.253 e. The maximum absolute atomic E-state index is 12.4. The lowest BCUT2D eigenvalue weighted by Gasteiger charge is -2.24. The average Bonchev–Trinajstić information content (AvgIpc) is 2.33. The van der Waals surface area contributed by atoms with Crippen molar-refractivity contribution in [3.05, 3.63) is 29.3 Å². The van der Waals surface area contributed by atoms with Crippen molar-refractivity contribution >= 4 is 11.6 Å².